The molecule has 11 N–H and O–H groups in total. The van der Waals surface area contributed by atoms with Crippen LogP contribution >= 0.6 is 0 Å². The van der Waals surface area contributed by atoms with Crippen LogP contribution in [0.5, 0.6) is 23.0 Å². The Morgan fingerprint density at radius 3 is 1.85 bits per heavy atom. The summed E-state index contributed by atoms with van der Waals surface area (Å²) in [6.45, 7) is 1.98. The molecule has 0 amide bonds. The smallest absolute Gasteiger partial charge is 0.239 e. The molecule has 4 heterocycles. The summed E-state index contributed by atoms with van der Waals surface area (Å²) in [4.78, 5) is 14.0. The van der Waals surface area contributed by atoms with E-state index in [2.05, 4.69) is 0 Å². The molecule has 0 radical (unpaired) electrons. The maximum absolute atomic E-state index is 14.0. The minimum atomic E-state index is -2.01. The highest BCUT2D eigenvalue weighted by Crippen LogP contribution is 2.39. The van der Waals surface area contributed by atoms with Crippen molar-refractivity contribution in [2.45, 2.75) is 106 Å². The predicted octanol–water partition coefficient (Wildman–Crippen LogP) is -2.89. The van der Waals surface area contributed by atoms with Gasteiger partial charge >= 0.3 is 0 Å². The van der Waals surface area contributed by atoms with E-state index in [9.17, 15) is 61.0 Å². The lowest BCUT2D eigenvalue weighted by atomic mass is 9.97. The summed E-state index contributed by atoms with van der Waals surface area (Å²) in [6, 6.07) is 7.38. The van der Waals surface area contributed by atoms with E-state index in [1.54, 1.807) is 0 Å². The second-order valence-electron chi connectivity index (χ2n) is 12.9. The lowest BCUT2D eigenvalue weighted by Crippen LogP contribution is -2.64. The van der Waals surface area contributed by atoms with Crippen molar-refractivity contribution in [3.63, 3.8) is 0 Å². The van der Waals surface area contributed by atoms with Gasteiger partial charge in [0, 0.05) is 17.7 Å². The van der Waals surface area contributed by atoms with E-state index < -0.39 is 121 Å². The molecule has 19 nitrogen and oxygen atoms in total. The third-order valence-electron chi connectivity index (χ3n) is 9.25. The van der Waals surface area contributed by atoms with Crippen LogP contribution in [0.3, 0.4) is 0 Å². The standard InChI is InChI=1S/C33H40O19/c1-10-19(37)22(40)25(43)31(46-10)48-14-7-15(36)18-16(8-14)49-28(12-3-5-13(35)6-4-12)30(21(18)39)52-33-27(45)24(42)29(17(9-34)50-33)51-32-26(44)23(41)20(38)11(2)47-32/h3-8,10-11,17,19-20,22-27,29,31-38,40-45H,9H2,1-2H3/t10-,11-,17+,19-,20-,22-,23-,24+,25-,26-,27+,29-,31+,32-,33+/m0/s1. The number of phenolic OH excluding ortho intramolecular Hbond substituents is 2. The van der Waals surface area contributed by atoms with Crippen molar-refractivity contribution >= 4 is 11.0 Å². The largest absolute Gasteiger partial charge is 0.508 e. The van der Waals surface area contributed by atoms with Gasteiger partial charge in [0.05, 0.1) is 18.8 Å². The normalized spacial score (nSPS) is 38.2. The van der Waals surface area contributed by atoms with E-state index in [0.29, 0.717) is 0 Å². The molecule has 3 saturated heterocycles. The summed E-state index contributed by atoms with van der Waals surface area (Å²) in [5.74, 6) is -2.01. The molecule has 15 atom stereocenters. The highest BCUT2D eigenvalue weighted by atomic mass is 16.7. The van der Waals surface area contributed by atoms with Crippen LogP contribution < -0.4 is 14.9 Å². The van der Waals surface area contributed by atoms with Crippen LogP contribution in [0.2, 0.25) is 0 Å². The van der Waals surface area contributed by atoms with Gasteiger partial charge < -0.3 is 89.0 Å². The van der Waals surface area contributed by atoms with Crippen LogP contribution in [0.1, 0.15) is 13.8 Å². The van der Waals surface area contributed by atoms with Gasteiger partial charge in [-0.25, -0.2) is 0 Å². The molecular formula is C33H40O19. The Bertz CT molecular complexity index is 1760. The maximum atomic E-state index is 14.0. The number of aromatic hydroxyl groups is 2. The molecule has 6 rings (SSSR count). The zero-order chi connectivity index (χ0) is 37.8. The SMILES string of the molecule is C[C@@H]1O[C@@H](O[C@@H]2[C@H](O)[C@@H](O)[C@@H](Oc3c(-c4ccc(O)cc4)oc4cc(O[C@H]5O[C@@H](C)[C@H](O)[C@H](O)[C@@H]5O)cc(O)c4c3=O)O[C@@H]2CO)[C@@H](O)[C@@H](O)[C@H]1O. The monoisotopic (exact) mass is 740 g/mol. The number of ether oxygens (including phenoxy) is 6. The molecule has 3 aliphatic rings. The second-order valence-corrected chi connectivity index (χ2v) is 12.9. The van der Waals surface area contributed by atoms with Crippen molar-refractivity contribution in [2.24, 2.45) is 0 Å². The zero-order valence-corrected chi connectivity index (χ0v) is 27.5. The number of hydrogen-bond acceptors (Lipinski definition) is 19. The van der Waals surface area contributed by atoms with Crippen molar-refractivity contribution in [1.29, 1.82) is 0 Å². The van der Waals surface area contributed by atoms with Gasteiger partial charge in [-0.05, 0) is 38.1 Å². The molecule has 19 heteroatoms. The van der Waals surface area contributed by atoms with Crippen molar-refractivity contribution in [1.82, 2.24) is 0 Å². The summed E-state index contributed by atoms with van der Waals surface area (Å²) in [7, 11) is 0. The van der Waals surface area contributed by atoms with Gasteiger partial charge in [0.25, 0.3) is 0 Å². The number of hydrogen-bond donors (Lipinski definition) is 11. The average Bonchev–Trinajstić information content (AvgIpc) is 3.11. The van der Waals surface area contributed by atoms with Gasteiger partial charge in [-0.1, -0.05) is 0 Å². The fraction of sp³-hybridized carbons (Fsp3) is 0.545. The van der Waals surface area contributed by atoms with E-state index in [4.69, 9.17) is 32.8 Å². The molecule has 1 aromatic heterocycles. The second kappa shape index (κ2) is 15.0. The van der Waals surface area contributed by atoms with Gasteiger partial charge in [-0.15, -0.1) is 0 Å². The van der Waals surface area contributed by atoms with Crippen LogP contribution in [-0.2, 0) is 18.9 Å². The van der Waals surface area contributed by atoms with Gasteiger partial charge in [0.1, 0.15) is 89.3 Å². The third kappa shape index (κ3) is 7.03. The zero-order valence-electron chi connectivity index (χ0n) is 27.5. The summed E-state index contributed by atoms with van der Waals surface area (Å²) in [5, 5.41) is 114. The molecule has 286 valence electrons. The minimum Gasteiger partial charge on any atom is -0.508 e. The first-order valence-corrected chi connectivity index (χ1v) is 16.2. The molecule has 3 aliphatic heterocycles. The van der Waals surface area contributed by atoms with Crippen LogP contribution in [0, 0.1) is 0 Å². The third-order valence-corrected chi connectivity index (χ3v) is 9.25. The van der Waals surface area contributed by atoms with Crippen LogP contribution in [0.25, 0.3) is 22.3 Å². The molecule has 0 aliphatic carbocycles. The van der Waals surface area contributed by atoms with Crippen LogP contribution in [-0.4, -0.2) is 155 Å². The van der Waals surface area contributed by atoms with Gasteiger partial charge in [0.2, 0.25) is 23.8 Å². The summed E-state index contributed by atoms with van der Waals surface area (Å²) < 4.78 is 39.6. The van der Waals surface area contributed by atoms with E-state index in [-0.39, 0.29) is 28.4 Å². The van der Waals surface area contributed by atoms with E-state index in [1.807, 2.05) is 0 Å². The molecular weight excluding hydrogens is 700 g/mol. The van der Waals surface area contributed by atoms with Crippen molar-refractivity contribution in [2.75, 3.05) is 6.61 Å². The topological polar surface area (TPSA) is 308 Å². The van der Waals surface area contributed by atoms with Crippen molar-refractivity contribution in [3.8, 4) is 34.3 Å². The number of phenols is 2. The van der Waals surface area contributed by atoms with Crippen molar-refractivity contribution < 1.29 is 89.0 Å². The molecule has 52 heavy (non-hydrogen) atoms. The Labute approximate surface area is 293 Å². The summed E-state index contributed by atoms with van der Waals surface area (Å²) in [6.07, 6.45) is -23.7. The number of benzene rings is 2. The first-order chi connectivity index (χ1) is 24.6. The number of aliphatic hydroxyl groups excluding tert-OH is 9. The van der Waals surface area contributed by atoms with Crippen LogP contribution in [0.4, 0.5) is 0 Å². The fourth-order valence-corrected chi connectivity index (χ4v) is 6.20. The first-order valence-electron chi connectivity index (χ1n) is 16.2. The average molecular weight is 741 g/mol. The lowest BCUT2D eigenvalue weighted by molar-refractivity contribution is -0.349. The van der Waals surface area contributed by atoms with E-state index in [1.165, 1.54) is 44.2 Å². The molecule has 0 unspecified atom stereocenters. The number of rotatable bonds is 8. The molecule has 2 aromatic carbocycles. The van der Waals surface area contributed by atoms with Gasteiger partial charge in [0.15, 0.2) is 12.1 Å². The quantitative estimate of drug-likeness (QED) is 0.110. The predicted molar refractivity (Wildman–Crippen MR) is 170 cm³/mol. The van der Waals surface area contributed by atoms with Crippen molar-refractivity contribution in [3.05, 3.63) is 46.6 Å². The van der Waals surface area contributed by atoms with E-state index >= 15 is 0 Å². The Morgan fingerprint density at radius 2 is 1.23 bits per heavy atom. The Hall–Kier alpha value is -3.67. The molecule has 3 aromatic rings. The van der Waals surface area contributed by atoms with E-state index in [0.717, 1.165) is 6.07 Å². The summed E-state index contributed by atoms with van der Waals surface area (Å²) in [5.41, 5.74) is -1.16. The molecule has 0 spiro atoms. The highest BCUT2D eigenvalue weighted by molar-refractivity contribution is 5.88. The Kier molecular flexibility index (Phi) is 11.0. The first kappa shape index (κ1) is 38.1. The molecule has 0 bridgehead atoms. The Balaban J connectivity index is 1.33. The van der Waals surface area contributed by atoms with Gasteiger partial charge in [-0.3, -0.25) is 4.79 Å². The Morgan fingerprint density at radius 1 is 0.673 bits per heavy atom. The van der Waals surface area contributed by atoms with Crippen LogP contribution in [0.15, 0.2) is 45.6 Å². The molecule has 0 saturated carbocycles. The molecule has 3 fully saturated rings. The lowest BCUT2D eigenvalue weighted by Gasteiger charge is -2.45. The van der Waals surface area contributed by atoms with Gasteiger partial charge in [-0.2, -0.15) is 0 Å². The summed E-state index contributed by atoms with van der Waals surface area (Å²) >= 11 is 0. The number of fused-ring (bicyclic) bond motifs is 1. The maximum Gasteiger partial charge on any atom is 0.239 e. The minimum absolute atomic E-state index is 0.138. The fourth-order valence-electron chi connectivity index (χ4n) is 6.20. The highest BCUT2D eigenvalue weighted by Gasteiger charge is 2.51. The number of aliphatic hydroxyl groups is 9.